The topological polar surface area (TPSA) is 81.4 Å². The summed E-state index contributed by atoms with van der Waals surface area (Å²) in [6, 6.07) is 13.9. The average molecular weight is 462 g/mol. The number of nitriles is 1. The molecular weight excluding hydrogens is 451 g/mol. The second-order valence-electron chi connectivity index (χ2n) is 5.25. The van der Waals surface area contributed by atoms with E-state index in [2.05, 4.69) is 6.07 Å². The van der Waals surface area contributed by atoms with Crippen LogP contribution in [0.25, 0.3) is 6.08 Å². The minimum absolute atomic E-state index is 0.0683. The molecule has 0 aromatic heterocycles. The molecule has 2 amide bonds. The minimum atomic E-state index is -0.383. The van der Waals surface area contributed by atoms with E-state index in [1.54, 1.807) is 48.5 Å². The SMILES string of the molecule is N#Cc1ccccc1CN1C(=O)S/C(=C/c2ccc(O)c(I)c2)C1=O. The molecule has 3 rings (SSSR count). The van der Waals surface area contributed by atoms with Crippen LogP contribution in [-0.2, 0) is 11.3 Å². The molecule has 7 heteroatoms. The molecule has 5 nitrogen and oxygen atoms in total. The van der Waals surface area contributed by atoms with Crippen molar-refractivity contribution in [3.05, 3.63) is 67.6 Å². The van der Waals surface area contributed by atoms with Crippen LogP contribution >= 0.6 is 34.4 Å². The fourth-order valence-electron chi connectivity index (χ4n) is 2.34. The minimum Gasteiger partial charge on any atom is -0.507 e. The number of benzene rings is 2. The summed E-state index contributed by atoms with van der Waals surface area (Å²) in [4.78, 5) is 26.2. The Bertz CT molecular complexity index is 950. The average Bonchev–Trinajstić information content (AvgIpc) is 2.86. The molecule has 0 radical (unpaired) electrons. The van der Waals surface area contributed by atoms with Crippen LogP contribution in [0.4, 0.5) is 4.79 Å². The van der Waals surface area contributed by atoms with Crippen LogP contribution in [0, 0.1) is 14.9 Å². The predicted octanol–water partition coefficient (Wildman–Crippen LogP) is 4.10. The van der Waals surface area contributed by atoms with Crippen LogP contribution in [-0.4, -0.2) is 21.2 Å². The van der Waals surface area contributed by atoms with Crippen molar-refractivity contribution < 1.29 is 14.7 Å². The van der Waals surface area contributed by atoms with Gasteiger partial charge in [0.25, 0.3) is 11.1 Å². The van der Waals surface area contributed by atoms with Gasteiger partial charge in [0.15, 0.2) is 0 Å². The Hall–Kier alpha value is -2.31. The third kappa shape index (κ3) is 3.70. The lowest BCUT2D eigenvalue weighted by Crippen LogP contribution is -2.27. The molecule has 2 aromatic carbocycles. The van der Waals surface area contributed by atoms with Gasteiger partial charge in [-0.3, -0.25) is 14.5 Å². The predicted molar refractivity (Wildman–Crippen MR) is 103 cm³/mol. The molecule has 1 fully saturated rings. The number of amides is 2. The summed E-state index contributed by atoms with van der Waals surface area (Å²) < 4.78 is 0.661. The molecular formula is C18H11IN2O3S. The van der Waals surface area contributed by atoms with Gasteiger partial charge in [-0.25, -0.2) is 0 Å². The monoisotopic (exact) mass is 462 g/mol. The van der Waals surface area contributed by atoms with Gasteiger partial charge in [0.1, 0.15) is 5.75 Å². The lowest BCUT2D eigenvalue weighted by Gasteiger charge is -2.13. The van der Waals surface area contributed by atoms with E-state index in [0.29, 0.717) is 19.6 Å². The number of rotatable bonds is 3. The molecule has 0 unspecified atom stereocenters. The van der Waals surface area contributed by atoms with Crippen molar-refractivity contribution in [3.63, 3.8) is 0 Å². The van der Waals surface area contributed by atoms with E-state index in [1.165, 1.54) is 0 Å². The van der Waals surface area contributed by atoms with E-state index < -0.39 is 0 Å². The van der Waals surface area contributed by atoms with Crippen LogP contribution < -0.4 is 0 Å². The Morgan fingerprint density at radius 1 is 1.24 bits per heavy atom. The number of aromatic hydroxyl groups is 1. The van der Waals surface area contributed by atoms with Crippen molar-refractivity contribution in [1.29, 1.82) is 5.26 Å². The number of carbonyl (C=O) groups excluding carboxylic acids is 2. The Labute approximate surface area is 162 Å². The maximum Gasteiger partial charge on any atom is 0.293 e. The van der Waals surface area contributed by atoms with Crippen LogP contribution in [0.2, 0.25) is 0 Å². The summed E-state index contributed by atoms with van der Waals surface area (Å²) in [5.41, 5.74) is 1.80. The number of phenolic OH excluding ortho intramolecular Hbond substituents is 1. The van der Waals surface area contributed by atoms with Gasteiger partial charge in [-0.15, -0.1) is 0 Å². The van der Waals surface area contributed by atoms with Gasteiger partial charge in [0, 0.05) is 0 Å². The summed E-state index contributed by atoms with van der Waals surface area (Å²) >= 11 is 2.86. The molecule has 1 aliphatic heterocycles. The molecule has 2 aromatic rings. The van der Waals surface area contributed by atoms with Crippen LogP contribution in [0.15, 0.2) is 47.4 Å². The highest BCUT2D eigenvalue weighted by atomic mass is 127. The number of imide groups is 1. The number of hydrogen-bond acceptors (Lipinski definition) is 5. The third-order valence-electron chi connectivity index (χ3n) is 3.61. The number of halogens is 1. The molecule has 0 atom stereocenters. The second-order valence-corrected chi connectivity index (χ2v) is 7.40. The molecule has 0 saturated carbocycles. The zero-order valence-electron chi connectivity index (χ0n) is 12.8. The standard InChI is InChI=1S/C18H11IN2O3S/c19-14-7-11(5-6-15(14)22)8-16-17(23)21(18(24)25-16)10-13-4-2-1-3-12(13)9-20/h1-8,22H,10H2/b16-8+. The molecule has 25 heavy (non-hydrogen) atoms. The van der Waals surface area contributed by atoms with Crippen molar-refractivity contribution in [1.82, 2.24) is 4.90 Å². The number of nitrogens with zero attached hydrogens (tertiary/aromatic N) is 2. The highest BCUT2D eigenvalue weighted by Gasteiger charge is 2.35. The smallest absolute Gasteiger partial charge is 0.293 e. The zero-order valence-corrected chi connectivity index (χ0v) is 15.7. The summed E-state index contributed by atoms with van der Waals surface area (Å²) in [5, 5.41) is 18.3. The van der Waals surface area contributed by atoms with Gasteiger partial charge in [0.05, 0.1) is 26.7 Å². The van der Waals surface area contributed by atoms with Crippen molar-refractivity contribution in [2.45, 2.75) is 6.54 Å². The summed E-state index contributed by atoms with van der Waals surface area (Å²) in [5.74, 6) is -0.218. The van der Waals surface area contributed by atoms with Crippen LogP contribution in [0.5, 0.6) is 5.75 Å². The maximum atomic E-state index is 12.6. The number of phenols is 1. The third-order valence-corrected chi connectivity index (χ3v) is 5.38. The van der Waals surface area contributed by atoms with Gasteiger partial charge in [-0.2, -0.15) is 5.26 Å². The number of carbonyl (C=O) groups is 2. The Kier molecular flexibility index (Phi) is 5.11. The van der Waals surface area contributed by atoms with Crippen LogP contribution in [0.3, 0.4) is 0 Å². The number of thioether (sulfide) groups is 1. The first-order valence-electron chi connectivity index (χ1n) is 7.21. The molecule has 1 heterocycles. The van der Waals surface area contributed by atoms with Gasteiger partial charge in [-0.1, -0.05) is 24.3 Å². The summed E-state index contributed by atoms with van der Waals surface area (Å²) in [6.07, 6.45) is 1.63. The van der Waals surface area contributed by atoms with Gasteiger partial charge in [0.2, 0.25) is 0 Å². The molecule has 124 valence electrons. The van der Waals surface area contributed by atoms with Crippen molar-refractivity contribution in [2.24, 2.45) is 0 Å². The quantitative estimate of drug-likeness (QED) is 0.549. The molecule has 1 N–H and O–H groups in total. The zero-order chi connectivity index (χ0) is 18.0. The molecule has 1 saturated heterocycles. The van der Waals surface area contributed by atoms with Crippen molar-refractivity contribution in [3.8, 4) is 11.8 Å². The van der Waals surface area contributed by atoms with E-state index in [9.17, 15) is 14.7 Å². The van der Waals surface area contributed by atoms with Gasteiger partial charge in [-0.05, 0) is 69.8 Å². The summed E-state index contributed by atoms with van der Waals surface area (Å²) in [6.45, 7) is 0.0683. The van der Waals surface area contributed by atoms with E-state index >= 15 is 0 Å². The first kappa shape index (κ1) is 17.5. The number of hydrogen-bond donors (Lipinski definition) is 1. The normalized spacial score (nSPS) is 15.7. The van der Waals surface area contributed by atoms with E-state index in [4.69, 9.17) is 5.26 Å². The fourth-order valence-corrected chi connectivity index (χ4v) is 3.72. The van der Waals surface area contributed by atoms with E-state index in [0.717, 1.165) is 22.2 Å². The van der Waals surface area contributed by atoms with Gasteiger partial charge >= 0.3 is 0 Å². The highest BCUT2D eigenvalue weighted by Crippen LogP contribution is 2.34. The van der Waals surface area contributed by atoms with Crippen LogP contribution in [0.1, 0.15) is 16.7 Å². The van der Waals surface area contributed by atoms with E-state index in [-0.39, 0.29) is 23.4 Å². The van der Waals surface area contributed by atoms with Gasteiger partial charge < -0.3 is 5.11 Å². The lowest BCUT2D eigenvalue weighted by atomic mass is 10.1. The Morgan fingerprint density at radius 3 is 2.72 bits per heavy atom. The van der Waals surface area contributed by atoms with Crippen molar-refractivity contribution in [2.75, 3.05) is 0 Å². The molecule has 0 bridgehead atoms. The molecule has 1 aliphatic rings. The fraction of sp³-hybridized carbons (Fsp3) is 0.0556. The van der Waals surface area contributed by atoms with E-state index in [1.807, 2.05) is 22.6 Å². The maximum absolute atomic E-state index is 12.6. The summed E-state index contributed by atoms with van der Waals surface area (Å²) in [7, 11) is 0. The van der Waals surface area contributed by atoms with Crippen molar-refractivity contribution >= 4 is 51.6 Å². The first-order valence-corrected chi connectivity index (χ1v) is 9.11. The molecule has 0 spiro atoms. The largest absolute Gasteiger partial charge is 0.507 e. The lowest BCUT2D eigenvalue weighted by molar-refractivity contribution is -0.123. The highest BCUT2D eigenvalue weighted by molar-refractivity contribution is 14.1. The Morgan fingerprint density at radius 2 is 2.00 bits per heavy atom. The molecule has 0 aliphatic carbocycles. The Balaban J connectivity index is 1.86. The second kappa shape index (κ2) is 7.29. The first-order chi connectivity index (χ1) is 12.0.